The van der Waals surface area contributed by atoms with E-state index in [4.69, 9.17) is 9.84 Å². The van der Waals surface area contributed by atoms with Crippen LogP contribution in [0.3, 0.4) is 0 Å². The van der Waals surface area contributed by atoms with Crippen LogP contribution in [0.1, 0.15) is 34.9 Å². The summed E-state index contributed by atoms with van der Waals surface area (Å²) in [6.07, 6.45) is 0.982. The van der Waals surface area contributed by atoms with Gasteiger partial charge in [-0.1, -0.05) is 110 Å². The first-order chi connectivity index (χ1) is 29.0. The number of amides is 5. The average molecular weight is 834 g/mol. The van der Waals surface area contributed by atoms with Crippen LogP contribution >= 0.6 is 11.3 Å². The number of carbonyl (C=O) groups excluding carboxylic acids is 5. The number of carboxylic acid groups (broad SMARTS) is 1. The Morgan fingerprint density at radius 2 is 1.37 bits per heavy atom. The summed E-state index contributed by atoms with van der Waals surface area (Å²) < 4.78 is 5.49. The molecule has 0 fully saturated rings. The molecule has 1 aromatic heterocycles. The van der Waals surface area contributed by atoms with E-state index < -0.39 is 60.7 Å². The molecular weight excluding hydrogens is 783 g/mol. The summed E-state index contributed by atoms with van der Waals surface area (Å²) in [6, 6.07) is 36.1. The van der Waals surface area contributed by atoms with Crippen molar-refractivity contribution < 1.29 is 38.6 Å². The van der Waals surface area contributed by atoms with Gasteiger partial charge in [0, 0.05) is 24.3 Å². The van der Waals surface area contributed by atoms with Gasteiger partial charge in [0.15, 0.2) is 6.61 Å². The zero-order chi connectivity index (χ0) is 43.1. The molecule has 0 spiro atoms. The van der Waals surface area contributed by atoms with Gasteiger partial charge in [0.1, 0.15) is 17.8 Å². The second-order valence-corrected chi connectivity index (χ2v) is 14.8. The van der Waals surface area contributed by atoms with Gasteiger partial charge in [-0.05, 0) is 64.7 Å². The number of carboxylic acids is 1. The molecule has 60 heavy (non-hydrogen) atoms. The Kier molecular flexibility index (Phi) is 19.0. The van der Waals surface area contributed by atoms with Crippen LogP contribution in [0.25, 0.3) is 11.1 Å². The molecule has 13 nitrogen and oxygen atoms in total. The van der Waals surface area contributed by atoms with Gasteiger partial charge in [-0.15, -0.1) is 11.3 Å². The number of hydrogen-bond acceptors (Lipinski definition) is 8. The van der Waals surface area contributed by atoms with Gasteiger partial charge >= 0.3 is 5.97 Å². The number of ether oxygens (including phenoxy) is 1. The van der Waals surface area contributed by atoms with Crippen molar-refractivity contribution in [3.63, 3.8) is 0 Å². The molecule has 0 radical (unpaired) electrons. The van der Waals surface area contributed by atoms with Crippen LogP contribution in [0.4, 0.5) is 0 Å². The van der Waals surface area contributed by atoms with Gasteiger partial charge in [-0.2, -0.15) is 0 Å². The van der Waals surface area contributed by atoms with E-state index in [-0.39, 0.29) is 32.4 Å². The highest BCUT2D eigenvalue weighted by molar-refractivity contribution is 7.09. The van der Waals surface area contributed by atoms with Crippen molar-refractivity contribution in [1.82, 2.24) is 26.6 Å². The first-order valence-electron chi connectivity index (χ1n) is 19.5. The molecule has 0 saturated heterocycles. The van der Waals surface area contributed by atoms with Gasteiger partial charge in [0.2, 0.25) is 23.6 Å². The van der Waals surface area contributed by atoms with Gasteiger partial charge in [0.05, 0.1) is 19.5 Å². The summed E-state index contributed by atoms with van der Waals surface area (Å²) >= 11 is 1.78. The quantitative estimate of drug-likeness (QED) is 0.122. The topological polar surface area (TPSA) is 192 Å². The van der Waals surface area contributed by atoms with Crippen LogP contribution in [0, 0.1) is 6.92 Å². The van der Waals surface area contributed by atoms with E-state index in [1.807, 2.05) is 60.7 Å². The molecule has 14 heteroatoms. The lowest BCUT2D eigenvalue weighted by Gasteiger charge is -2.21. The lowest BCUT2D eigenvalue weighted by Crippen LogP contribution is -2.54. The third kappa shape index (κ3) is 17.0. The maximum absolute atomic E-state index is 13.3. The predicted octanol–water partition coefficient (Wildman–Crippen LogP) is 4.63. The summed E-state index contributed by atoms with van der Waals surface area (Å²) in [7, 11) is 0. The average Bonchev–Trinajstić information content (AvgIpc) is 3.75. The summed E-state index contributed by atoms with van der Waals surface area (Å²) in [5.41, 5.74) is 4.78. The Bertz CT molecular complexity index is 2110. The van der Waals surface area contributed by atoms with Crippen molar-refractivity contribution in [2.45, 2.75) is 51.6 Å². The first-order valence-corrected chi connectivity index (χ1v) is 20.4. The Balaban J connectivity index is 0.000000474. The van der Waals surface area contributed by atoms with Crippen molar-refractivity contribution in [3.05, 3.63) is 148 Å². The van der Waals surface area contributed by atoms with Gasteiger partial charge in [-0.3, -0.25) is 28.8 Å². The Morgan fingerprint density at radius 1 is 0.733 bits per heavy atom. The lowest BCUT2D eigenvalue weighted by molar-refractivity contribution is -0.137. The second-order valence-electron chi connectivity index (χ2n) is 13.6. The predicted molar refractivity (Wildman–Crippen MR) is 231 cm³/mol. The summed E-state index contributed by atoms with van der Waals surface area (Å²) in [5, 5.41) is 23.7. The second kappa shape index (κ2) is 24.9. The van der Waals surface area contributed by atoms with E-state index >= 15 is 0 Å². The molecule has 3 heterocycles. The van der Waals surface area contributed by atoms with E-state index in [2.05, 4.69) is 82.2 Å². The van der Waals surface area contributed by atoms with Crippen LogP contribution in [0.15, 0.2) is 127 Å². The van der Waals surface area contributed by atoms with Crippen LogP contribution in [0.2, 0.25) is 0 Å². The normalized spacial score (nSPS) is 15.8. The molecule has 2 atom stereocenters. The smallest absolute Gasteiger partial charge is 0.305 e. The minimum Gasteiger partial charge on any atom is -0.484 e. The largest absolute Gasteiger partial charge is 0.484 e. The molecule has 7 rings (SSSR count). The summed E-state index contributed by atoms with van der Waals surface area (Å²) in [4.78, 5) is 76.4. The molecule has 5 aromatic rings. The van der Waals surface area contributed by atoms with E-state index in [9.17, 15) is 28.8 Å². The van der Waals surface area contributed by atoms with Crippen molar-refractivity contribution >= 4 is 46.8 Å². The van der Waals surface area contributed by atoms with Crippen molar-refractivity contribution in [1.29, 1.82) is 0 Å². The molecule has 0 aliphatic carbocycles. The summed E-state index contributed by atoms with van der Waals surface area (Å²) in [5.74, 6) is -3.84. The van der Waals surface area contributed by atoms with Gasteiger partial charge in [0.25, 0.3) is 5.91 Å². The van der Waals surface area contributed by atoms with E-state index in [0.717, 1.165) is 23.1 Å². The SMILES string of the molecule is CCc1ccccc1.Cc1cccs1.O=C(O)CCNC(=O)[C@@H]1Cc2ccc(cc2)OCC(=O)NCC(=O)N[C@H](Cc2ccc(-c3ccccc3)cc2)C(=O)NCC(=O)N1. The van der Waals surface area contributed by atoms with Gasteiger partial charge < -0.3 is 36.4 Å². The highest BCUT2D eigenvalue weighted by atomic mass is 32.1. The number of thiophene rings is 1. The minimum atomic E-state index is -1.09. The zero-order valence-corrected chi connectivity index (χ0v) is 34.5. The number of carbonyl (C=O) groups is 6. The molecule has 4 aromatic carbocycles. The Labute approximate surface area is 354 Å². The third-order valence-electron chi connectivity index (χ3n) is 8.96. The molecule has 2 aliphatic heterocycles. The van der Waals surface area contributed by atoms with Crippen molar-refractivity contribution in [2.75, 3.05) is 26.2 Å². The fraction of sp³-hybridized carbons (Fsp3) is 0.261. The maximum Gasteiger partial charge on any atom is 0.305 e. The minimum absolute atomic E-state index is 0.0526. The first kappa shape index (κ1) is 45.9. The molecule has 2 aliphatic rings. The van der Waals surface area contributed by atoms with Crippen LogP contribution < -0.4 is 31.3 Å². The van der Waals surface area contributed by atoms with Crippen molar-refractivity contribution in [3.8, 4) is 16.9 Å². The summed E-state index contributed by atoms with van der Waals surface area (Å²) in [6.45, 7) is 2.85. The number of nitrogens with one attached hydrogen (secondary N) is 5. The highest BCUT2D eigenvalue weighted by Crippen LogP contribution is 2.20. The molecule has 314 valence electrons. The maximum atomic E-state index is 13.3. The van der Waals surface area contributed by atoms with Gasteiger partial charge in [-0.25, -0.2) is 0 Å². The molecule has 5 amide bonds. The van der Waals surface area contributed by atoms with Crippen LogP contribution in [-0.4, -0.2) is 78.9 Å². The molecule has 0 saturated carbocycles. The fourth-order valence-corrected chi connectivity index (χ4v) is 6.25. The molecule has 0 unspecified atom stereocenters. The molecule has 2 bridgehead atoms. The third-order valence-corrected chi connectivity index (χ3v) is 9.76. The van der Waals surface area contributed by atoms with Crippen LogP contribution in [0.5, 0.6) is 5.75 Å². The number of rotatable bonds is 8. The van der Waals surface area contributed by atoms with E-state index in [1.165, 1.54) is 10.4 Å². The van der Waals surface area contributed by atoms with Crippen molar-refractivity contribution in [2.24, 2.45) is 0 Å². The number of hydrogen-bond donors (Lipinski definition) is 6. The number of aliphatic carboxylic acids is 1. The highest BCUT2D eigenvalue weighted by Gasteiger charge is 2.25. The molecule has 6 N–H and O–H groups in total. The molecular formula is C46H51N5O8S. The number of fused-ring (bicyclic) bond motifs is 16. The Morgan fingerprint density at radius 3 is 1.95 bits per heavy atom. The number of aryl methyl sites for hydroxylation is 2. The zero-order valence-electron chi connectivity index (χ0n) is 33.6. The van der Waals surface area contributed by atoms with Crippen LogP contribution in [-0.2, 0) is 48.0 Å². The standard InChI is InChI=1S/C33H35N5O8.C8H10.C5H6S/c39-28-18-35-30(41)20-46-25-12-8-22(9-13-25)17-26(32(44)34-15-14-31(42)43)37-29(40)19-36-33(45)27(38-28)16-21-6-10-24(11-7-21)23-4-2-1-3-5-23;1-2-8-6-4-3-5-7-8;1-5-3-2-4-6-5/h1-13,26-27H,14-20H2,(H,34,44)(H,35,41)(H,36,45)(H,37,40)(H,38,39)(H,42,43);3-7H,2H2,1H3;2-4H,1H3/t26-,27+;;/m0../s1. The lowest BCUT2D eigenvalue weighted by atomic mass is 10.00. The van der Waals surface area contributed by atoms with E-state index in [1.54, 1.807) is 35.6 Å². The fourth-order valence-electron chi connectivity index (χ4n) is 5.73. The van der Waals surface area contributed by atoms with E-state index in [0.29, 0.717) is 11.3 Å². The Hall–Kier alpha value is -6.80. The number of benzene rings is 4. The monoisotopic (exact) mass is 833 g/mol.